The molecule has 0 radical (unpaired) electrons. The van der Waals surface area contributed by atoms with Gasteiger partial charge >= 0.3 is 0 Å². The SMILES string of the molecule is Cc1cc(OCC(=O)N2CCC[C@@H](C(=O)c3ccc(F)cc3)C2)no1. The Labute approximate surface area is 144 Å². The normalized spacial score (nSPS) is 17.4. The first-order valence-corrected chi connectivity index (χ1v) is 8.16. The highest BCUT2D eigenvalue weighted by Crippen LogP contribution is 2.21. The average molecular weight is 346 g/mol. The van der Waals surface area contributed by atoms with Gasteiger partial charge in [-0.3, -0.25) is 9.59 Å². The molecule has 6 nitrogen and oxygen atoms in total. The number of nitrogens with zero attached hydrogens (tertiary/aromatic N) is 2. The summed E-state index contributed by atoms with van der Waals surface area (Å²) < 4.78 is 23.2. The first-order chi connectivity index (χ1) is 12.0. The van der Waals surface area contributed by atoms with E-state index in [9.17, 15) is 14.0 Å². The lowest BCUT2D eigenvalue weighted by Crippen LogP contribution is -2.44. The molecule has 1 aromatic heterocycles. The van der Waals surface area contributed by atoms with Gasteiger partial charge in [0.15, 0.2) is 12.4 Å². The van der Waals surface area contributed by atoms with Crippen molar-refractivity contribution in [3.63, 3.8) is 0 Å². The van der Waals surface area contributed by atoms with Gasteiger partial charge in [0, 0.05) is 30.6 Å². The smallest absolute Gasteiger partial charge is 0.260 e. The maximum atomic E-state index is 13.0. The minimum Gasteiger partial charge on any atom is -0.465 e. The highest BCUT2D eigenvalue weighted by molar-refractivity contribution is 5.98. The molecule has 7 heteroatoms. The molecule has 0 aliphatic carbocycles. The van der Waals surface area contributed by atoms with E-state index in [0.717, 1.165) is 6.42 Å². The van der Waals surface area contributed by atoms with Crippen molar-refractivity contribution >= 4 is 11.7 Å². The highest BCUT2D eigenvalue weighted by atomic mass is 19.1. The summed E-state index contributed by atoms with van der Waals surface area (Å²) in [6.07, 6.45) is 1.45. The second-order valence-electron chi connectivity index (χ2n) is 6.11. The number of likely N-dealkylation sites (tertiary alicyclic amines) is 1. The molecule has 2 aromatic rings. The summed E-state index contributed by atoms with van der Waals surface area (Å²) in [6, 6.07) is 7.10. The van der Waals surface area contributed by atoms with Crippen LogP contribution in [0.3, 0.4) is 0 Å². The third-order valence-electron chi connectivity index (χ3n) is 4.22. The number of hydrogen-bond donors (Lipinski definition) is 0. The number of aryl methyl sites for hydroxylation is 1. The van der Waals surface area contributed by atoms with Gasteiger partial charge in [-0.2, -0.15) is 0 Å². The van der Waals surface area contributed by atoms with E-state index in [-0.39, 0.29) is 35.9 Å². The lowest BCUT2D eigenvalue weighted by atomic mass is 9.90. The topological polar surface area (TPSA) is 72.6 Å². The van der Waals surface area contributed by atoms with E-state index >= 15 is 0 Å². The van der Waals surface area contributed by atoms with Crippen molar-refractivity contribution in [1.29, 1.82) is 0 Å². The van der Waals surface area contributed by atoms with E-state index < -0.39 is 0 Å². The molecule has 1 saturated heterocycles. The Balaban J connectivity index is 1.57. The zero-order valence-corrected chi connectivity index (χ0v) is 13.9. The van der Waals surface area contributed by atoms with E-state index in [1.54, 1.807) is 17.9 Å². The molecule has 0 unspecified atom stereocenters. The summed E-state index contributed by atoms with van der Waals surface area (Å²) in [5, 5.41) is 3.67. The van der Waals surface area contributed by atoms with Crippen LogP contribution in [0.5, 0.6) is 5.88 Å². The largest absolute Gasteiger partial charge is 0.465 e. The molecule has 3 rings (SSSR count). The van der Waals surface area contributed by atoms with E-state index in [1.807, 2.05) is 0 Å². The first-order valence-electron chi connectivity index (χ1n) is 8.16. The van der Waals surface area contributed by atoms with Gasteiger partial charge in [0.25, 0.3) is 11.8 Å². The van der Waals surface area contributed by atoms with Gasteiger partial charge in [0.1, 0.15) is 11.6 Å². The Hall–Kier alpha value is -2.70. The van der Waals surface area contributed by atoms with Crippen LogP contribution in [0.25, 0.3) is 0 Å². The van der Waals surface area contributed by atoms with E-state index in [4.69, 9.17) is 9.26 Å². The number of ether oxygens (including phenoxy) is 1. The minimum atomic E-state index is -0.378. The number of aromatic nitrogens is 1. The summed E-state index contributed by atoms with van der Waals surface area (Å²) in [7, 11) is 0. The zero-order chi connectivity index (χ0) is 17.8. The van der Waals surface area contributed by atoms with Crippen molar-refractivity contribution in [2.24, 2.45) is 5.92 Å². The second kappa shape index (κ2) is 7.46. The number of rotatable bonds is 5. The van der Waals surface area contributed by atoms with Crippen LogP contribution in [0.15, 0.2) is 34.9 Å². The monoisotopic (exact) mass is 346 g/mol. The standard InChI is InChI=1S/C18H19FN2O4/c1-12-9-16(20-25-12)24-11-17(22)21-8-2-3-14(10-21)18(23)13-4-6-15(19)7-5-13/h4-7,9,14H,2-3,8,10-11H2,1H3/t14-/m1/s1. The molecular formula is C18H19FN2O4. The van der Waals surface area contributed by atoms with Gasteiger partial charge in [0.05, 0.1) is 0 Å². The Morgan fingerprint density at radius 1 is 1.36 bits per heavy atom. The highest BCUT2D eigenvalue weighted by Gasteiger charge is 2.29. The maximum Gasteiger partial charge on any atom is 0.260 e. The number of carbonyl (C=O) groups is 2. The van der Waals surface area contributed by atoms with Crippen LogP contribution in [0.1, 0.15) is 29.0 Å². The number of halogens is 1. The average Bonchev–Trinajstić information content (AvgIpc) is 3.05. The van der Waals surface area contributed by atoms with Crippen LogP contribution in [-0.4, -0.2) is 41.4 Å². The number of ketones is 1. The third-order valence-corrected chi connectivity index (χ3v) is 4.22. The number of hydrogen-bond acceptors (Lipinski definition) is 5. The lowest BCUT2D eigenvalue weighted by Gasteiger charge is -2.32. The Bertz CT molecular complexity index is 757. The molecule has 1 aromatic carbocycles. The summed E-state index contributed by atoms with van der Waals surface area (Å²) in [6.45, 7) is 2.52. The predicted octanol–water partition coefficient (Wildman–Crippen LogP) is 2.62. The van der Waals surface area contributed by atoms with Crippen LogP contribution < -0.4 is 4.74 Å². The minimum absolute atomic E-state index is 0.0643. The zero-order valence-electron chi connectivity index (χ0n) is 13.9. The fourth-order valence-corrected chi connectivity index (χ4v) is 2.91. The molecule has 1 aliphatic rings. The number of piperidine rings is 1. The Morgan fingerprint density at radius 3 is 2.80 bits per heavy atom. The number of amides is 1. The van der Waals surface area contributed by atoms with Gasteiger partial charge in [-0.05, 0) is 49.2 Å². The van der Waals surface area contributed by atoms with Crippen LogP contribution in [0, 0.1) is 18.7 Å². The Kier molecular flexibility index (Phi) is 5.11. The summed E-state index contributed by atoms with van der Waals surface area (Å²) in [4.78, 5) is 26.5. The predicted molar refractivity (Wildman–Crippen MR) is 86.8 cm³/mol. The lowest BCUT2D eigenvalue weighted by molar-refractivity contribution is -0.134. The van der Waals surface area contributed by atoms with Gasteiger partial charge in [0.2, 0.25) is 0 Å². The summed E-state index contributed by atoms with van der Waals surface area (Å²) in [5.41, 5.74) is 0.468. The Morgan fingerprint density at radius 2 is 2.12 bits per heavy atom. The molecule has 1 aliphatic heterocycles. The summed E-state index contributed by atoms with van der Waals surface area (Å²) >= 11 is 0. The van der Waals surface area contributed by atoms with Gasteiger partial charge in [-0.1, -0.05) is 0 Å². The third kappa shape index (κ3) is 4.23. The maximum absolute atomic E-state index is 13.0. The molecule has 1 atom stereocenters. The van der Waals surface area contributed by atoms with Gasteiger partial charge in [-0.15, -0.1) is 0 Å². The fourth-order valence-electron chi connectivity index (χ4n) is 2.91. The van der Waals surface area contributed by atoms with Crippen molar-refractivity contribution in [1.82, 2.24) is 10.1 Å². The van der Waals surface area contributed by atoms with Gasteiger partial charge < -0.3 is 14.2 Å². The molecule has 0 saturated carbocycles. The molecule has 0 spiro atoms. The van der Waals surface area contributed by atoms with Crippen LogP contribution in [0.4, 0.5) is 4.39 Å². The molecule has 0 bridgehead atoms. The van der Waals surface area contributed by atoms with Crippen LogP contribution >= 0.6 is 0 Å². The van der Waals surface area contributed by atoms with Crippen molar-refractivity contribution in [2.45, 2.75) is 19.8 Å². The molecule has 2 heterocycles. The first kappa shape index (κ1) is 17.1. The van der Waals surface area contributed by atoms with Crippen molar-refractivity contribution in [3.05, 3.63) is 47.5 Å². The van der Waals surface area contributed by atoms with Gasteiger partial charge in [-0.25, -0.2) is 4.39 Å². The fraction of sp³-hybridized carbons (Fsp3) is 0.389. The molecular weight excluding hydrogens is 327 g/mol. The molecule has 0 N–H and O–H groups in total. The molecule has 25 heavy (non-hydrogen) atoms. The van der Waals surface area contributed by atoms with E-state index in [2.05, 4.69) is 5.16 Å². The van der Waals surface area contributed by atoms with E-state index in [1.165, 1.54) is 24.3 Å². The van der Waals surface area contributed by atoms with E-state index in [0.29, 0.717) is 30.8 Å². The van der Waals surface area contributed by atoms with Crippen LogP contribution in [0.2, 0.25) is 0 Å². The quantitative estimate of drug-likeness (QED) is 0.778. The van der Waals surface area contributed by atoms with Crippen molar-refractivity contribution in [3.8, 4) is 5.88 Å². The van der Waals surface area contributed by atoms with Crippen LogP contribution in [-0.2, 0) is 4.79 Å². The van der Waals surface area contributed by atoms with Crippen molar-refractivity contribution in [2.75, 3.05) is 19.7 Å². The summed E-state index contributed by atoms with van der Waals surface area (Å²) in [5.74, 6) is -0.0512. The molecule has 1 amide bonds. The number of benzene rings is 1. The number of carbonyl (C=O) groups excluding carboxylic acids is 2. The second-order valence-corrected chi connectivity index (χ2v) is 6.11. The molecule has 132 valence electrons. The molecule has 1 fully saturated rings. The van der Waals surface area contributed by atoms with Crippen molar-refractivity contribution < 1.29 is 23.2 Å². The number of Topliss-reactive ketones (excluding diaryl/α,β-unsaturated/α-hetero) is 1.